The third-order valence-corrected chi connectivity index (χ3v) is 8.38. The molecule has 2 fully saturated rings. The first-order valence-corrected chi connectivity index (χ1v) is 14.1. The highest BCUT2D eigenvalue weighted by Crippen LogP contribution is 2.39. The van der Waals surface area contributed by atoms with E-state index in [0.717, 1.165) is 63.6 Å². The van der Waals surface area contributed by atoms with E-state index < -0.39 is 0 Å². The smallest absolute Gasteiger partial charge is 0.320 e. The second-order valence-corrected chi connectivity index (χ2v) is 12.1. The number of nitrogens with zero attached hydrogens (tertiary/aromatic N) is 5. The molecule has 0 aliphatic carbocycles. The molecule has 2 saturated heterocycles. The molecule has 0 bridgehead atoms. The van der Waals surface area contributed by atoms with Gasteiger partial charge in [-0.05, 0) is 38.9 Å². The second kappa shape index (κ2) is 12.4. The molecule has 3 heterocycles. The molecular formula is C27H44FN5OS. The highest BCUT2D eigenvalue weighted by atomic mass is 32.2. The lowest BCUT2D eigenvalue weighted by Gasteiger charge is -2.55. The topological polar surface area (TPSA) is 42.4 Å². The molecule has 0 aromatic carbocycles. The van der Waals surface area contributed by atoms with Crippen molar-refractivity contribution in [3.63, 3.8) is 0 Å². The van der Waals surface area contributed by atoms with Gasteiger partial charge >= 0.3 is 6.03 Å². The van der Waals surface area contributed by atoms with E-state index in [0.29, 0.717) is 11.8 Å². The Labute approximate surface area is 216 Å². The van der Waals surface area contributed by atoms with Crippen molar-refractivity contribution in [2.45, 2.75) is 58.2 Å². The molecule has 2 unspecified atom stereocenters. The molecule has 3 aliphatic rings. The van der Waals surface area contributed by atoms with Gasteiger partial charge in [-0.1, -0.05) is 37.6 Å². The van der Waals surface area contributed by atoms with Gasteiger partial charge in [-0.25, -0.2) is 14.2 Å². The quantitative estimate of drug-likeness (QED) is 0.413. The Kier molecular flexibility index (Phi) is 9.87. The Morgan fingerprint density at radius 2 is 2.06 bits per heavy atom. The van der Waals surface area contributed by atoms with Crippen LogP contribution in [-0.2, 0) is 0 Å². The molecule has 1 spiro atoms. The third kappa shape index (κ3) is 7.35. The van der Waals surface area contributed by atoms with Gasteiger partial charge in [0.25, 0.3) is 0 Å². The van der Waals surface area contributed by atoms with Crippen LogP contribution in [0.25, 0.3) is 0 Å². The monoisotopic (exact) mass is 505 g/mol. The number of rotatable bonds is 9. The number of carbonyl (C=O) groups is 1. The first-order chi connectivity index (χ1) is 16.7. The zero-order chi connectivity index (χ0) is 25.6. The molecular weight excluding hydrogens is 461 g/mol. The third-order valence-electron chi connectivity index (χ3n) is 7.39. The van der Waals surface area contributed by atoms with E-state index in [2.05, 4.69) is 55.8 Å². The van der Waals surface area contributed by atoms with Crippen molar-refractivity contribution in [2.24, 2.45) is 10.4 Å². The molecule has 0 radical (unpaired) electrons. The molecule has 3 rings (SSSR count). The van der Waals surface area contributed by atoms with Gasteiger partial charge in [-0.15, -0.1) is 0 Å². The molecule has 8 heteroatoms. The minimum atomic E-state index is -0.196. The summed E-state index contributed by atoms with van der Waals surface area (Å²) in [6, 6.07) is 0.157. The van der Waals surface area contributed by atoms with Crippen molar-refractivity contribution in [3.05, 3.63) is 35.8 Å². The van der Waals surface area contributed by atoms with Crippen molar-refractivity contribution in [1.29, 1.82) is 0 Å². The van der Waals surface area contributed by atoms with Crippen LogP contribution >= 0.6 is 11.8 Å². The Hall–Kier alpha value is -1.80. The molecule has 3 aliphatic heterocycles. The van der Waals surface area contributed by atoms with Crippen molar-refractivity contribution in [2.75, 3.05) is 59.1 Å². The lowest BCUT2D eigenvalue weighted by Crippen LogP contribution is -2.65. The molecule has 0 saturated carbocycles. The summed E-state index contributed by atoms with van der Waals surface area (Å²) in [5.74, 6) is 1.83. The van der Waals surface area contributed by atoms with Gasteiger partial charge in [0.1, 0.15) is 11.7 Å². The van der Waals surface area contributed by atoms with E-state index in [1.807, 2.05) is 40.6 Å². The Balaban J connectivity index is 1.52. The number of halogens is 1. The normalized spacial score (nSPS) is 22.7. The van der Waals surface area contributed by atoms with Gasteiger partial charge in [0, 0.05) is 57.0 Å². The molecule has 0 aromatic heterocycles. The Morgan fingerprint density at radius 1 is 1.31 bits per heavy atom. The second-order valence-electron chi connectivity index (χ2n) is 10.4. The average molecular weight is 506 g/mol. The maximum Gasteiger partial charge on any atom is 0.320 e. The van der Waals surface area contributed by atoms with Crippen LogP contribution in [0.4, 0.5) is 9.18 Å². The van der Waals surface area contributed by atoms with Gasteiger partial charge in [0.05, 0.1) is 19.3 Å². The predicted octanol–water partition coefficient (Wildman–Crippen LogP) is 5.01. The molecule has 196 valence electrons. The van der Waals surface area contributed by atoms with Gasteiger partial charge < -0.3 is 14.7 Å². The van der Waals surface area contributed by atoms with E-state index >= 15 is 0 Å². The molecule has 2 atom stereocenters. The highest BCUT2D eigenvalue weighted by molar-refractivity contribution is 8.00. The predicted molar refractivity (Wildman–Crippen MR) is 147 cm³/mol. The van der Waals surface area contributed by atoms with Crippen LogP contribution in [0.5, 0.6) is 0 Å². The number of carbonyl (C=O) groups excluding carboxylic acids is 1. The summed E-state index contributed by atoms with van der Waals surface area (Å²) in [6.45, 7) is 13.3. The summed E-state index contributed by atoms with van der Waals surface area (Å²) >= 11 is 1.95. The fourth-order valence-electron chi connectivity index (χ4n) is 5.30. The lowest BCUT2D eigenvalue weighted by molar-refractivity contribution is -0.0391. The number of aliphatic imine (C=N–C) groups is 1. The standard InChI is InChI=1S/C27H44FN5OS/c1-7-23(14-22(4)35-8-2)11-10-21(3)31(6)26(34)33-13-9-12-27(20-33)18-32(19-27)17-25-29-15-24(28)16-30(25)5/h10-11,14-15,21-22H,7-9,12-13,16-20H2,1-6H3/b11-10-,23-14-. The van der Waals surface area contributed by atoms with Crippen LogP contribution in [0.1, 0.15) is 47.0 Å². The van der Waals surface area contributed by atoms with Crippen LogP contribution < -0.4 is 0 Å². The Morgan fingerprint density at radius 3 is 2.71 bits per heavy atom. The summed E-state index contributed by atoms with van der Waals surface area (Å²) in [5, 5.41) is 0.504. The van der Waals surface area contributed by atoms with Crippen LogP contribution in [-0.4, -0.2) is 102 Å². The lowest BCUT2D eigenvalue weighted by atomic mass is 9.73. The number of thioether (sulfide) groups is 1. The summed E-state index contributed by atoms with van der Waals surface area (Å²) < 4.78 is 13.4. The first kappa shape index (κ1) is 27.8. The summed E-state index contributed by atoms with van der Waals surface area (Å²) in [6.07, 6.45) is 11.2. The van der Waals surface area contributed by atoms with Crippen LogP contribution in [0.2, 0.25) is 0 Å². The van der Waals surface area contributed by atoms with Gasteiger partial charge in [-0.2, -0.15) is 11.8 Å². The zero-order valence-electron chi connectivity index (χ0n) is 22.5. The molecule has 0 N–H and O–H groups in total. The maximum atomic E-state index is 13.4. The summed E-state index contributed by atoms with van der Waals surface area (Å²) in [4.78, 5) is 25.8. The number of urea groups is 1. The van der Waals surface area contributed by atoms with E-state index in [-0.39, 0.29) is 23.3 Å². The Bertz CT molecular complexity index is 864. The number of amides is 2. The average Bonchev–Trinajstić information content (AvgIpc) is 2.81. The van der Waals surface area contributed by atoms with Crippen molar-refractivity contribution in [3.8, 4) is 0 Å². The van der Waals surface area contributed by atoms with Crippen molar-refractivity contribution in [1.82, 2.24) is 19.6 Å². The van der Waals surface area contributed by atoms with E-state index in [1.54, 1.807) is 0 Å². The minimum absolute atomic E-state index is 0.0376. The fourth-order valence-corrected chi connectivity index (χ4v) is 6.10. The fraction of sp³-hybridized carbons (Fsp3) is 0.704. The molecule has 35 heavy (non-hydrogen) atoms. The van der Waals surface area contributed by atoms with Crippen LogP contribution in [0.15, 0.2) is 40.8 Å². The van der Waals surface area contributed by atoms with E-state index in [4.69, 9.17) is 0 Å². The number of amidine groups is 1. The van der Waals surface area contributed by atoms with Crippen LogP contribution in [0, 0.1) is 5.41 Å². The largest absolute Gasteiger partial charge is 0.355 e. The van der Waals surface area contributed by atoms with E-state index in [9.17, 15) is 9.18 Å². The zero-order valence-corrected chi connectivity index (χ0v) is 23.3. The van der Waals surface area contributed by atoms with Gasteiger partial charge in [0.2, 0.25) is 0 Å². The number of piperidine rings is 1. The summed E-state index contributed by atoms with van der Waals surface area (Å²) in [5.41, 5.74) is 1.50. The summed E-state index contributed by atoms with van der Waals surface area (Å²) in [7, 11) is 3.80. The molecule has 0 aromatic rings. The molecule has 2 amide bonds. The van der Waals surface area contributed by atoms with Gasteiger partial charge in [-0.3, -0.25) is 4.90 Å². The number of hydrogen-bond acceptors (Lipinski definition) is 5. The number of likely N-dealkylation sites (N-methyl/N-ethyl adjacent to an activating group) is 2. The van der Waals surface area contributed by atoms with Crippen molar-refractivity contribution < 1.29 is 9.18 Å². The SMILES string of the molecule is CCSC(C)/C=C(\C=C/C(C)N(C)C(=O)N1CCCC2(CN(CC3=NC=C(F)CN3C)C2)C1)CC. The van der Waals surface area contributed by atoms with E-state index in [1.165, 1.54) is 11.8 Å². The number of likely N-dealkylation sites (tertiary alicyclic amines) is 2. The number of allylic oxidation sites excluding steroid dienone is 2. The van der Waals surface area contributed by atoms with Crippen molar-refractivity contribution >= 4 is 23.6 Å². The minimum Gasteiger partial charge on any atom is -0.355 e. The highest BCUT2D eigenvalue weighted by Gasteiger charge is 2.47. The van der Waals surface area contributed by atoms with Gasteiger partial charge in [0.15, 0.2) is 0 Å². The maximum absolute atomic E-state index is 13.4. The molecule has 6 nitrogen and oxygen atoms in total. The first-order valence-electron chi connectivity index (χ1n) is 13.0. The van der Waals surface area contributed by atoms with Crippen LogP contribution in [0.3, 0.4) is 0 Å². The number of hydrogen-bond donors (Lipinski definition) is 0.